The summed E-state index contributed by atoms with van der Waals surface area (Å²) in [5, 5.41) is 3.11. The van der Waals surface area contributed by atoms with Gasteiger partial charge in [-0.25, -0.2) is 0 Å². The maximum Gasteiger partial charge on any atom is 0.221 e. The van der Waals surface area contributed by atoms with E-state index in [1.165, 1.54) is 16.7 Å². The van der Waals surface area contributed by atoms with Gasteiger partial charge in [0.05, 0.1) is 6.04 Å². The third-order valence-corrected chi connectivity index (χ3v) is 4.10. The number of nitrogens with one attached hydrogen (secondary N) is 1. The van der Waals surface area contributed by atoms with Crippen molar-refractivity contribution in [3.05, 3.63) is 71.3 Å². The number of hydrogen-bond donors (Lipinski definition) is 1. The van der Waals surface area contributed by atoms with Crippen molar-refractivity contribution in [3.63, 3.8) is 0 Å². The molecule has 1 heterocycles. The van der Waals surface area contributed by atoms with Crippen molar-refractivity contribution in [3.8, 4) is 0 Å². The number of carbonyl (C=O) groups is 1. The summed E-state index contributed by atoms with van der Waals surface area (Å²) in [6.07, 6.45) is 1.62. The van der Waals surface area contributed by atoms with Crippen LogP contribution in [0.3, 0.4) is 0 Å². The molecule has 1 saturated heterocycles. The molecule has 102 valence electrons. The second-order valence-electron chi connectivity index (χ2n) is 5.36. The summed E-state index contributed by atoms with van der Waals surface area (Å²) in [6.45, 7) is 2.16. The van der Waals surface area contributed by atoms with Crippen LogP contribution in [0.2, 0.25) is 0 Å². The number of amides is 1. The van der Waals surface area contributed by atoms with E-state index >= 15 is 0 Å². The molecular weight excluding hydrogens is 246 g/mol. The molecule has 2 aromatic rings. The molecule has 0 aliphatic carbocycles. The number of aryl methyl sites for hydroxylation is 1. The molecule has 0 saturated carbocycles. The summed E-state index contributed by atoms with van der Waals surface area (Å²) in [4.78, 5) is 11.8. The van der Waals surface area contributed by atoms with Crippen LogP contribution in [0, 0.1) is 0 Å². The van der Waals surface area contributed by atoms with Gasteiger partial charge in [-0.05, 0) is 23.1 Å². The zero-order valence-corrected chi connectivity index (χ0v) is 11.7. The van der Waals surface area contributed by atoms with Crippen LogP contribution in [-0.4, -0.2) is 5.91 Å². The topological polar surface area (TPSA) is 29.1 Å². The number of hydrogen-bond acceptors (Lipinski definition) is 1. The Balaban J connectivity index is 1.91. The van der Waals surface area contributed by atoms with Gasteiger partial charge >= 0.3 is 0 Å². The molecule has 0 radical (unpaired) electrons. The largest absolute Gasteiger partial charge is 0.349 e. The Labute approximate surface area is 119 Å². The second-order valence-corrected chi connectivity index (χ2v) is 5.36. The zero-order chi connectivity index (χ0) is 13.9. The first kappa shape index (κ1) is 12.9. The number of carbonyl (C=O) groups excluding carboxylic acids is 1. The smallest absolute Gasteiger partial charge is 0.221 e. The molecule has 1 aliphatic rings. The Morgan fingerprint density at radius 2 is 1.70 bits per heavy atom. The van der Waals surface area contributed by atoms with E-state index in [-0.39, 0.29) is 17.9 Å². The molecule has 1 amide bonds. The summed E-state index contributed by atoms with van der Waals surface area (Å²) >= 11 is 0. The van der Waals surface area contributed by atoms with Gasteiger partial charge in [-0.2, -0.15) is 0 Å². The van der Waals surface area contributed by atoms with Crippen molar-refractivity contribution in [2.24, 2.45) is 0 Å². The predicted molar refractivity (Wildman–Crippen MR) is 80.5 cm³/mol. The highest BCUT2D eigenvalue weighted by Gasteiger charge is 2.34. The fourth-order valence-corrected chi connectivity index (χ4v) is 2.94. The SMILES string of the molecule is CCc1ccc(C2CC(=O)NC2c2ccccc2)cc1. The highest BCUT2D eigenvalue weighted by molar-refractivity contribution is 5.80. The van der Waals surface area contributed by atoms with E-state index in [4.69, 9.17) is 0 Å². The Morgan fingerprint density at radius 3 is 2.35 bits per heavy atom. The summed E-state index contributed by atoms with van der Waals surface area (Å²) < 4.78 is 0. The lowest BCUT2D eigenvalue weighted by Gasteiger charge is -2.20. The van der Waals surface area contributed by atoms with E-state index in [1.807, 2.05) is 18.2 Å². The van der Waals surface area contributed by atoms with Gasteiger partial charge < -0.3 is 5.32 Å². The molecule has 2 nitrogen and oxygen atoms in total. The minimum atomic E-state index is 0.0937. The third kappa shape index (κ3) is 2.46. The predicted octanol–water partition coefficient (Wildman–Crippen LogP) is 3.59. The monoisotopic (exact) mass is 265 g/mol. The molecule has 3 rings (SSSR count). The van der Waals surface area contributed by atoms with E-state index in [1.54, 1.807) is 0 Å². The number of benzene rings is 2. The normalized spacial score (nSPS) is 21.8. The van der Waals surface area contributed by atoms with Crippen molar-refractivity contribution in [1.82, 2.24) is 5.32 Å². The van der Waals surface area contributed by atoms with Gasteiger partial charge in [0.1, 0.15) is 0 Å². The molecule has 0 aromatic heterocycles. The lowest BCUT2D eigenvalue weighted by atomic mass is 9.87. The van der Waals surface area contributed by atoms with Gasteiger partial charge in [0, 0.05) is 12.3 Å². The van der Waals surface area contributed by atoms with Crippen LogP contribution < -0.4 is 5.32 Å². The van der Waals surface area contributed by atoms with Crippen LogP contribution in [-0.2, 0) is 11.2 Å². The molecule has 0 bridgehead atoms. The Morgan fingerprint density at radius 1 is 1.00 bits per heavy atom. The average Bonchev–Trinajstić information content (AvgIpc) is 2.90. The van der Waals surface area contributed by atoms with E-state index in [9.17, 15) is 4.79 Å². The molecule has 0 spiro atoms. The van der Waals surface area contributed by atoms with E-state index in [2.05, 4.69) is 48.6 Å². The lowest BCUT2D eigenvalue weighted by molar-refractivity contribution is -0.119. The van der Waals surface area contributed by atoms with Crippen LogP contribution >= 0.6 is 0 Å². The summed E-state index contributed by atoms with van der Waals surface area (Å²) in [7, 11) is 0. The lowest BCUT2D eigenvalue weighted by Crippen LogP contribution is -2.20. The molecule has 1 N–H and O–H groups in total. The maximum atomic E-state index is 11.8. The molecule has 1 aliphatic heterocycles. The van der Waals surface area contributed by atoms with E-state index < -0.39 is 0 Å². The summed E-state index contributed by atoms with van der Waals surface area (Å²) in [5.74, 6) is 0.374. The highest BCUT2D eigenvalue weighted by atomic mass is 16.2. The van der Waals surface area contributed by atoms with Crippen molar-refractivity contribution in [1.29, 1.82) is 0 Å². The van der Waals surface area contributed by atoms with E-state index in [0.717, 1.165) is 6.42 Å². The number of rotatable bonds is 3. The fourth-order valence-electron chi connectivity index (χ4n) is 2.94. The zero-order valence-electron chi connectivity index (χ0n) is 11.7. The average molecular weight is 265 g/mol. The van der Waals surface area contributed by atoms with Gasteiger partial charge in [-0.1, -0.05) is 61.5 Å². The van der Waals surface area contributed by atoms with Crippen molar-refractivity contribution < 1.29 is 4.79 Å². The van der Waals surface area contributed by atoms with Crippen molar-refractivity contribution >= 4 is 5.91 Å². The Bertz CT molecular complexity index is 589. The fraction of sp³-hybridized carbons (Fsp3) is 0.278. The minimum Gasteiger partial charge on any atom is -0.349 e. The van der Waals surface area contributed by atoms with Gasteiger partial charge in [-0.15, -0.1) is 0 Å². The van der Waals surface area contributed by atoms with Gasteiger partial charge in [0.25, 0.3) is 0 Å². The Kier molecular flexibility index (Phi) is 3.55. The van der Waals surface area contributed by atoms with Gasteiger partial charge in [-0.3, -0.25) is 4.79 Å². The first-order valence-corrected chi connectivity index (χ1v) is 7.21. The first-order chi connectivity index (χ1) is 9.78. The quantitative estimate of drug-likeness (QED) is 0.902. The van der Waals surface area contributed by atoms with Crippen LogP contribution in [0.4, 0.5) is 0 Å². The van der Waals surface area contributed by atoms with Crippen LogP contribution in [0.5, 0.6) is 0 Å². The second kappa shape index (κ2) is 5.49. The molecule has 20 heavy (non-hydrogen) atoms. The van der Waals surface area contributed by atoms with Crippen LogP contribution in [0.25, 0.3) is 0 Å². The van der Waals surface area contributed by atoms with Crippen LogP contribution in [0.15, 0.2) is 54.6 Å². The van der Waals surface area contributed by atoms with Gasteiger partial charge in [0.2, 0.25) is 5.91 Å². The molecule has 2 atom stereocenters. The summed E-state index contributed by atoms with van der Waals surface area (Å²) in [5.41, 5.74) is 3.76. The molecule has 2 heteroatoms. The molecular formula is C18H19NO. The van der Waals surface area contributed by atoms with Crippen LogP contribution in [0.1, 0.15) is 42.0 Å². The van der Waals surface area contributed by atoms with Gasteiger partial charge in [0.15, 0.2) is 0 Å². The van der Waals surface area contributed by atoms with E-state index in [0.29, 0.717) is 6.42 Å². The third-order valence-electron chi connectivity index (χ3n) is 4.10. The molecule has 2 aromatic carbocycles. The maximum absolute atomic E-state index is 11.8. The molecule has 2 unspecified atom stereocenters. The first-order valence-electron chi connectivity index (χ1n) is 7.21. The minimum absolute atomic E-state index is 0.0937. The summed E-state index contributed by atoms with van der Waals surface area (Å²) in [6, 6.07) is 19.0. The molecule has 1 fully saturated rings. The Hall–Kier alpha value is -2.09. The van der Waals surface area contributed by atoms with Crippen molar-refractivity contribution in [2.45, 2.75) is 31.7 Å². The van der Waals surface area contributed by atoms with Crippen molar-refractivity contribution in [2.75, 3.05) is 0 Å². The highest BCUT2D eigenvalue weighted by Crippen LogP contribution is 2.38. The standard InChI is InChI=1S/C18H19NO/c1-2-13-8-10-14(11-9-13)16-12-17(20)19-18(16)15-6-4-3-5-7-15/h3-11,16,18H,2,12H2,1H3,(H,19,20).